The van der Waals surface area contributed by atoms with Gasteiger partial charge in [-0.2, -0.15) is 0 Å². The van der Waals surface area contributed by atoms with E-state index in [1.807, 2.05) is 39.0 Å². The monoisotopic (exact) mass is 371 g/mol. The Morgan fingerprint density at radius 2 is 1.63 bits per heavy atom. The maximum atomic E-state index is 12.5. The summed E-state index contributed by atoms with van der Waals surface area (Å²) in [7, 11) is 0. The van der Waals surface area contributed by atoms with Crippen molar-refractivity contribution in [3.05, 3.63) is 75.8 Å². The lowest BCUT2D eigenvalue weighted by atomic mass is 9.97. The molecule has 0 spiro atoms. The standard InChI is InChI=1S/C21H25NO5/c1-21(2,3)27-20(16-9-11-17(12-10-16)22(25)26)14-18(23)13-19(24)15-7-5-4-6-8-15/h4-12,19-20,24H,13-14H2,1-3H3/t19-,20+/m1/s1. The second kappa shape index (κ2) is 8.88. The number of rotatable bonds is 8. The molecule has 0 heterocycles. The number of ketones is 1. The molecule has 0 bridgehead atoms. The predicted molar refractivity (Wildman–Crippen MR) is 102 cm³/mol. The van der Waals surface area contributed by atoms with Gasteiger partial charge >= 0.3 is 0 Å². The summed E-state index contributed by atoms with van der Waals surface area (Å²) in [6.45, 7) is 5.65. The lowest BCUT2D eigenvalue weighted by molar-refractivity contribution is -0.384. The molecule has 2 atom stereocenters. The van der Waals surface area contributed by atoms with Gasteiger partial charge in [-0.1, -0.05) is 30.3 Å². The number of nitro benzene ring substituents is 1. The van der Waals surface area contributed by atoms with Crippen molar-refractivity contribution in [2.45, 2.75) is 51.4 Å². The van der Waals surface area contributed by atoms with Crippen LogP contribution in [-0.2, 0) is 9.53 Å². The summed E-state index contributed by atoms with van der Waals surface area (Å²) in [6, 6.07) is 15.0. The highest BCUT2D eigenvalue weighted by Gasteiger charge is 2.25. The summed E-state index contributed by atoms with van der Waals surface area (Å²) in [5.74, 6) is -0.140. The van der Waals surface area contributed by atoms with Crippen molar-refractivity contribution in [1.82, 2.24) is 0 Å². The molecule has 6 nitrogen and oxygen atoms in total. The van der Waals surface area contributed by atoms with E-state index in [1.54, 1.807) is 24.3 Å². The second-order valence-corrected chi connectivity index (χ2v) is 7.44. The third kappa shape index (κ3) is 6.58. The van der Waals surface area contributed by atoms with E-state index in [9.17, 15) is 20.0 Å². The molecule has 0 aliphatic rings. The van der Waals surface area contributed by atoms with Gasteiger partial charge in [0.15, 0.2) is 0 Å². The maximum Gasteiger partial charge on any atom is 0.269 e. The number of nitro groups is 1. The number of Topliss-reactive ketones (excluding diaryl/α,β-unsaturated/α-hetero) is 1. The van der Waals surface area contributed by atoms with Gasteiger partial charge in [0.25, 0.3) is 5.69 Å². The van der Waals surface area contributed by atoms with E-state index in [2.05, 4.69) is 0 Å². The largest absolute Gasteiger partial charge is 0.388 e. The number of carbonyl (C=O) groups excluding carboxylic acids is 1. The quantitative estimate of drug-likeness (QED) is 0.544. The summed E-state index contributed by atoms with van der Waals surface area (Å²) in [5.41, 5.74) is 0.872. The molecule has 0 aromatic heterocycles. The first-order valence-electron chi connectivity index (χ1n) is 8.82. The van der Waals surface area contributed by atoms with E-state index in [0.29, 0.717) is 11.1 Å². The van der Waals surface area contributed by atoms with E-state index in [0.717, 1.165) is 0 Å². The van der Waals surface area contributed by atoms with Crippen LogP contribution in [0.3, 0.4) is 0 Å². The molecule has 0 fully saturated rings. The van der Waals surface area contributed by atoms with Gasteiger partial charge in [-0.25, -0.2) is 0 Å². The number of nitrogens with zero attached hydrogens (tertiary/aromatic N) is 1. The van der Waals surface area contributed by atoms with Gasteiger partial charge in [0, 0.05) is 25.0 Å². The van der Waals surface area contributed by atoms with Crippen LogP contribution >= 0.6 is 0 Å². The lowest BCUT2D eigenvalue weighted by Gasteiger charge is -2.28. The van der Waals surface area contributed by atoms with Crippen molar-refractivity contribution in [1.29, 1.82) is 0 Å². The third-order valence-corrected chi connectivity index (χ3v) is 3.99. The fourth-order valence-corrected chi connectivity index (χ4v) is 2.76. The van der Waals surface area contributed by atoms with Crippen LogP contribution in [0.2, 0.25) is 0 Å². The van der Waals surface area contributed by atoms with Crippen LogP contribution in [0, 0.1) is 10.1 Å². The Hall–Kier alpha value is -2.57. The molecular formula is C21H25NO5. The fraction of sp³-hybridized carbons (Fsp3) is 0.381. The van der Waals surface area contributed by atoms with Crippen molar-refractivity contribution in [3.8, 4) is 0 Å². The summed E-state index contributed by atoms with van der Waals surface area (Å²) in [6.07, 6.45) is -1.34. The Labute approximate surface area is 158 Å². The molecule has 0 aliphatic heterocycles. The number of aliphatic hydroxyl groups is 1. The first kappa shape index (κ1) is 20.7. The number of hydrogen-bond donors (Lipinski definition) is 1. The van der Waals surface area contributed by atoms with E-state index in [1.165, 1.54) is 12.1 Å². The zero-order chi connectivity index (χ0) is 20.0. The lowest BCUT2D eigenvalue weighted by Crippen LogP contribution is -2.24. The molecule has 0 amide bonds. The second-order valence-electron chi connectivity index (χ2n) is 7.44. The Bertz CT molecular complexity index is 765. The minimum atomic E-state index is -0.870. The summed E-state index contributed by atoms with van der Waals surface area (Å²) < 4.78 is 6.01. The van der Waals surface area contributed by atoms with Gasteiger partial charge in [0.05, 0.1) is 22.7 Å². The Balaban J connectivity index is 2.11. The zero-order valence-electron chi connectivity index (χ0n) is 15.8. The molecule has 27 heavy (non-hydrogen) atoms. The molecule has 2 aromatic carbocycles. The molecule has 0 saturated carbocycles. The third-order valence-electron chi connectivity index (χ3n) is 3.99. The molecule has 6 heteroatoms. The fourth-order valence-electron chi connectivity index (χ4n) is 2.76. The summed E-state index contributed by atoms with van der Waals surface area (Å²) in [5, 5.41) is 21.1. The minimum Gasteiger partial charge on any atom is -0.388 e. The molecule has 144 valence electrons. The molecule has 0 aliphatic carbocycles. The Kier molecular flexibility index (Phi) is 6.82. The minimum absolute atomic E-state index is 0.0129. The summed E-state index contributed by atoms with van der Waals surface area (Å²) >= 11 is 0. The summed E-state index contributed by atoms with van der Waals surface area (Å²) in [4.78, 5) is 22.9. The first-order chi connectivity index (χ1) is 12.7. The molecular weight excluding hydrogens is 346 g/mol. The van der Waals surface area contributed by atoms with Gasteiger partial charge in [0.2, 0.25) is 0 Å². The highest BCUT2D eigenvalue weighted by Crippen LogP contribution is 2.30. The number of aliphatic hydroxyl groups excluding tert-OH is 1. The van der Waals surface area contributed by atoms with Gasteiger partial charge in [-0.3, -0.25) is 14.9 Å². The first-order valence-corrected chi connectivity index (χ1v) is 8.82. The van der Waals surface area contributed by atoms with Crippen LogP contribution in [0.25, 0.3) is 0 Å². The van der Waals surface area contributed by atoms with E-state index >= 15 is 0 Å². The molecule has 2 rings (SSSR count). The van der Waals surface area contributed by atoms with Crippen molar-refractivity contribution in [2.75, 3.05) is 0 Å². The molecule has 2 aromatic rings. The van der Waals surface area contributed by atoms with E-state index in [4.69, 9.17) is 4.74 Å². The van der Waals surface area contributed by atoms with Crippen molar-refractivity contribution in [2.24, 2.45) is 0 Å². The topological polar surface area (TPSA) is 89.7 Å². The average molecular weight is 371 g/mol. The predicted octanol–water partition coefficient (Wildman–Crippen LogP) is 4.53. The van der Waals surface area contributed by atoms with Crippen LogP contribution in [0.4, 0.5) is 5.69 Å². The van der Waals surface area contributed by atoms with E-state index in [-0.39, 0.29) is 24.3 Å². The van der Waals surface area contributed by atoms with Crippen LogP contribution in [0.1, 0.15) is 56.9 Å². The zero-order valence-corrected chi connectivity index (χ0v) is 15.8. The Morgan fingerprint density at radius 3 is 2.15 bits per heavy atom. The van der Waals surface area contributed by atoms with Gasteiger partial charge in [-0.05, 0) is 44.0 Å². The van der Waals surface area contributed by atoms with Crippen molar-refractivity contribution in [3.63, 3.8) is 0 Å². The number of benzene rings is 2. The van der Waals surface area contributed by atoms with E-state index < -0.39 is 22.7 Å². The SMILES string of the molecule is CC(C)(C)O[C@@H](CC(=O)C[C@@H](O)c1ccccc1)c1ccc([N+](=O)[O-])cc1. The van der Waals surface area contributed by atoms with Crippen LogP contribution in [-0.4, -0.2) is 21.4 Å². The highest BCUT2D eigenvalue weighted by molar-refractivity contribution is 5.79. The molecule has 0 unspecified atom stereocenters. The smallest absolute Gasteiger partial charge is 0.269 e. The van der Waals surface area contributed by atoms with Crippen molar-refractivity contribution >= 4 is 11.5 Å². The Morgan fingerprint density at radius 1 is 1.04 bits per heavy atom. The highest BCUT2D eigenvalue weighted by atomic mass is 16.6. The average Bonchev–Trinajstić information content (AvgIpc) is 2.60. The number of ether oxygens (including phenoxy) is 1. The maximum absolute atomic E-state index is 12.5. The van der Waals surface area contributed by atoms with Gasteiger partial charge in [0.1, 0.15) is 5.78 Å². The van der Waals surface area contributed by atoms with Gasteiger partial charge < -0.3 is 9.84 Å². The molecule has 0 saturated heterocycles. The normalized spacial score (nSPS) is 13.8. The molecule has 1 N–H and O–H groups in total. The van der Waals surface area contributed by atoms with Crippen LogP contribution < -0.4 is 0 Å². The number of hydrogen-bond acceptors (Lipinski definition) is 5. The van der Waals surface area contributed by atoms with Gasteiger partial charge in [-0.15, -0.1) is 0 Å². The van der Waals surface area contributed by atoms with Crippen molar-refractivity contribution < 1.29 is 19.6 Å². The number of carbonyl (C=O) groups is 1. The number of non-ortho nitro benzene ring substituents is 1. The van der Waals surface area contributed by atoms with Crippen LogP contribution in [0.5, 0.6) is 0 Å². The molecule has 0 radical (unpaired) electrons. The van der Waals surface area contributed by atoms with Crippen LogP contribution in [0.15, 0.2) is 54.6 Å².